The number of hydrogen-bond donors (Lipinski definition) is 2. The van der Waals surface area contributed by atoms with Crippen LogP contribution in [0.15, 0.2) is 0 Å². The van der Waals surface area contributed by atoms with Crippen LogP contribution in [0, 0.1) is 5.92 Å². The molecular formula is C9H18N2OS. The van der Waals surface area contributed by atoms with Crippen LogP contribution < -0.4 is 11.1 Å². The summed E-state index contributed by atoms with van der Waals surface area (Å²) in [6.45, 7) is 6.20. The second-order valence-corrected chi connectivity index (χ2v) is 3.99. The third kappa shape index (κ3) is 5.58. The minimum absolute atomic E-state index is 0.0759. The van der Waals surface area contributed by atoms with Crippen molar-refractivity contribution in [3.05, 3.63) is 0 Å². The summed E-state index contributed by atoms with van der Waals surface area (Å²) in [5.74, 6) is 0.369. The number of carbonyl (C=O) groups is 1. The zero-order valence-electron chi connectivity index (χ0n) is 8.46. The normalized spacial score (nSPS) is 12.6. The van der Waals surface area contributed by atoms with Crippen LogP contribution in [0.4, 0.5) is 0 Å². The maximum Gasteiger partial charge on any atom is 0.227 e. The summed E-state index contributed by atoms with van der Waals surface area (Å²) in [7, 11) is 0. The van der Waals surface area contributed by atoms with E-state index < -0.39 is 0 Å². The Balaban J connectivity index is 3.94. The van der Waals surface area contributed by atoms with Crippen LogP contribution in [0.2, 0.25) is 0 Å². The number of nitrogens with two attached hydrogens (primary N) is 1. The molecule has 0 heterocycles. The van der Waals surface area contributed by atoms with Crippen molar-refractivity contribution < 1.29 is 4.79 Å². The smallest absolute Gasteiger partial charge is 0.227 e. The van der Waals surface area contributed by atoms with Gasteiger partial charge in [0.05, 0.1) is 11.4 Å². The van der Waals surface area contributed by atoms with Gasteiger partial charge in [0.1, 0.15) is 0 Å². The Bertz CT molecular complexity index is 192. The lowest BCUT2D eigenvalue weighted by Crippen LogP contribution is -2.39. The van der Waals surface area contributed by atoms with Gasteiger partial charge < -0.3 is 11.1 Å². The van der Waals surface area contributed by atoms with Crippen LogP contribution in [-0.4, -0.2) is 16.9 Å². The molecule has 0 aromatic heterocycles. The first-order valence-corrected chi connectivity index (χ1v) is 4.95. The molecule has 0 saturated carbocycles. The van der Waals surface area contributed by atoms with Gasteiger partial charge in [-0.2, -0.15) is 0 Å². The lowest BCUT2D eigenvalue weighted by Gasteiger charge is -2.20. The highest BCUT2D eigenvalue weighted by Crippen LogP contribution is 2.05. The minimum Gasteiger partial charge on any atom is -0.393 e. The zero-order chi connectivity index (χ0) is 10.4. The quantitative estimate of drug-likeness (QED) is 0.659. The van der Waals surface area contributed by atoms with Gasteiger partial charge in [-0.05, 0) is 12.3 Å². The molecule has 3 N–H and O–H groups in total. The second kappa shape index (κ2) is 5.91. The molecule has 1 amide bonds. The molecule has 1 unspecified atom stereocenters. The Labute approximate surface area is 85.1 Å². The summed E-state index contributed by atoms with van der Waals surface area (Å²) < 4.78 is 0. The van der Waals surface area contributed by atoms with Gasteiger partial charge in [-0.1, -0.05) is 33.0 Å². The Kier molecular flexibility index (Phi) is 5.62. The molecule has 3 nitrogen and oxygen atoms in total. The van der Waals surface area contributed by atoms with E-state index in [0.717, 1.165) is 6.42 Å². The van der Waals surface area contributed by atoms with Gasteiger partial charge in [0.2, 0.25) is 5.91 Å². The molecule has 0 aromatic carbocycles. The van der Waals surface area contributed by atoms with Gasteiger partial charge in [0.25, 0.3) is 0 Å². The van der Waals surface area contributed by atoms with E-state index in [1.54, 1.807) is 0 Å². The van der Waals surface area contributed by atoms with Gasteiger partial charge in [-0.25, -0.2) is 0 Å². The summed E-state index contributed by atoms with van der Waals surface area (Å²) in [5.41, 5.74) is 5.26. The first-order valence-electron chi connectivity index (χ1n) is 4.55. The van der Waals surface area contributed by atoms with Gasteiger partial charge in [0.15, 0.2) is 0 Å². The zero-order valence-corrected chi connectivity index (χ0v) is 9.28. The summed E-state index contributed by atoms with van der Waals surface area (Å²) >= 11 is 4.64. The molecule has 0 rings (SSSR count). The maximum absolute atomic E-state index is 11.2. The van der Waals surface area contributed by atoms with E-state index in [2.05, 4.69) is 31.4 Å². The van der Waals surface area contributed by atoms with Crippen LogP contribution in [0.1, 0.15) is 33.6 Å². The summed E-state index contributed by atoms with van der Waals surface area (Å²) in [6.07, 6.45) is 1.08. The second-order valence-electron chi connectivity index (χ2n) is 3.47. The van der Waals surface area contributed by atoms with E-state index in [0.29, 0.717) is 5.92 Å². The van der Waals surface area contributed by atoms with Crippen LogP contribution in [0.25, 0.3) is 0 Å². The fraction of sp³-hybridized carbons (Fsp3) is 0.778. The highest BCUT2D eigenvalue weighted by atomic mass is 32.1. The van der Waals surface area contributed by atoms with Crippen molar-refractivity contribution in [2.75, 3.05) is 0 Å². The summed E-state index contributed by atoms with van der Waals surface area (Å²) in [5, 5.41) is 2.89. The van der Waals surface area contributed by atoms with E-state index in [9.17, 15) is 4.79 Å². The Hall–Kier alpha value is -0.640. The SMILES string of the molecule is CCC(NC(=O)CC(N)=S)C(C)C. The van der Waals surface area contributed by atoms with E-state index in [1.165, 1.54) is 0 Å². The molecule has 0 aliphatic heterocycles. The molecule has 0 radical (unpaired) electrons. The average molecular weight is 202 g/mol. The molecule has 0 spiro atoms. The van der Waals surface area contributed by atoms with Crippen molar-refractivity contribution in [2.45, 2.75) is 39.7 Å². The summed E-state index contributed by atoms with van der Waals surface area (Å²) in [4.78, 5) is 11.5. The monoisotopic (exact) mass is 202 g/mol. The van der Waals surface area contributed by atoms with E-state index in [-0.39, 0.29) is 23.4 Å². The molecule has 76 valence electrons. The molecule has 0 aromatic rings. The molecule has 0 fully saturated rings. The highest BCUT2D eigenvalue weighted by molar-refractivity contribution is 7.80. The number of hydrogen-bond acceptors (Lipinski definition) is 2. The molecule has 0 aliphatic rings. The predicted octanol–water partition coefficient (Wildman–Crippen LogP) is 1.21. The summed E-state index contributed by atoms with van der Waals surface area (Å²) in [6, 6.07) is 0.224. The number of thiocarbonyl (C=S) groups is 1. The third-order valence-electron chi connectivity index (χ3n) is 1.93. The van der Waals surface area contributed by atoms with Gasteiger partial charge >= 0.3 is 0 Å². The highest BCUT2D eigenvalue weighted by Gasteiger charge is 2.13. The van der Waals surface area contributed by atoms with Crippen LogP contribution in [0.5, 0.6) is 0 Å². The van der Waals surface area contributed by atoms with E-state index in [4.69, 9.17) is 5.73 Å². The lowest BCUT2D eigenvalue weighted by atomic mass is 10.0. The third-order valence-corrected chi connectivity index (χ3v) is 2.07. The van der Waals surface area contributed by atoms with Crippen molar-refractivity contribution in [1.29, 1.82) is 0 Å². The number of carbonyl (C=O) groups excluding carboxylic acids is 1. The maximum atomic E-state index is 11.2. The molecule has 1 atom stereocenters. The number of nitrogens with one attached hydrogen (secondary N) is 1. The van der Waals surface area contributed by atoms with Crippen LogP contribution in [0.3, 0.4) is 0 Å². The topological polar surface area (TPSA) is 55.1 Å². The van der Waals surface area contributed by atoms with Crippen LogP contribution in [-0.2, 0) is 4.79 Å². The van der Waals surface area contributed by atoms with Gasteiger partial charge in [0, 0.05) is 6.04 Å². The standard InChI is InChI=1S/C9H18N2OS/c1-4-7(6(2)3)11-9(12)5-8(10)13/h6-7H,4-5H2,1-3H3,(H2,10,13)(H,11,12). The minimum atomic E-state index is -0.0759. The molecule has 0 bridgehead atoms. The first kappa shape index (κ1) is 12.4. The number of amides is 1. The van der Waals surface area contributed by atoms with Crippen molar-refractivity contribution >= 4 is 23.1 Å². The first-order chi connectivity index (χ1) is 5.97. The Morgan fingerprint density at radius 2 is 2.08 bits per heavy atom. The van der Waals surface area contributed by atoms with Crippen molar-refractivity contribution in [3.63, 3.8) is 0 Å². The average Bonchev–Trinajstić information content (AvgIpc) is 1.98. The number of rotatable bonds is 5. The van der Waals surface area contributed by atoms with Gasteiger partial charge in [-0.15, -0.1) is 0 Å². The van der Waals surface area contributed by atoms with Crippen molar-refractivity contribution in [1.82, 2.24) is 5.32 Å². The largest absolute Gasteiger partial charge is 0.393 e. The molecule has 13 heavy (non-hydrogen) atoms. The molecular weight excluding hydrogens is 184 g/mol. The van der Waals surface area contributed by atoms with Crippen molar-refractivity contribution in [2.24, 2.45) is 11.7 Å². The Morgan fingerprint density at radius 1 is 1.54 bits per heavy atom. The van der Waals surface area contributed by atoms with Crippen molar-refractivity contribution in [3.8, 4) is 0 Å². The van der Waals surface area contributed by atoms with Crippen LogP contribution >= 0.6 is 12.2 Å². The van der Waals surface area contributed by atoms with E-state index in [1.807, 2.05) is 6.92 Å². The van der Waals surface area contributed by atoms with E-state index >= 15 is 0 Å². The predicted molar refractivity (Wildman–Crippen MR) is 58.5 cm³/mol. The molecule has 0 saturated heterocycles. The Morgan fingerprint density at radius 3 is 2.38 bits per heavy atom. The van der Waals surface area contributed by atoms with Gasteiger partial charge in [-0.3, -0.25) is 4.79 Å². The molecule has 4 heteroatoms. The fourth-order valence-corrected chi connectivity index (χ4v) is 1.29. The molecule has 0 aliphatic carbocycles. The lowest BCUT2D eigenvalue weighted by molar-refractivity contribution is -0.120. The fourth-order valence-electron chi connectivity index (χ4n) is 1.16.